The predicted octanol–water partition coefficient (Wildman–Crippen LogP) is 0.243. The molecule has 0 aliphatic carbocycles. The van der Waals surface area contributed by atoms with Crippen LogP contribution in [-0.4, -0.2) is 32.7 Å². The van der Waals surface area contributed by atoms with Gasteiger partial charge >= 0.3 is 5.69 Å². The van der Waals surface area contributed by atoms with Crippen molar-refractivity contribution in [1.29, 1.82) is 0 Å². The van der Waals surface area contributed by atoms with Crippen LogP contribution in [0.1, 0.15) is 19.1 Å². The van der Waals surface area contributed by atoms with Crippen LogP contribution in [0.4, 0.5) is 10.2 Å². The largest absolute Gasteiger partial charge is 0.393 e. The van der Waals surface area contributed by atoms with Crippen molar-refractivity contribution in [3.8, 4) is 0 Å². The molecule has 1 aromatic rings. The van der Waals surface area contributed by atoms with Gasteiger partial charge in [-0.25, -0.2) is 9.18 Å². The summed E-state index contributed by atoms with van der Waals surface area (Å²) in [6, 6.07) is 0. The lowest BCUT2D eigenvalue weighted by Gasteiger charge is -2.24. The predicted molar refractivity (Wildman–Crippen MR) is 62.8 cm³/mol. The minimum Gasteiger partial charge on any atom is -0.393 e. The average Bonchev–Trinajstić information content (AvgIpc) is 2.79. The van der Waals surface area contributed by atoms with Gasteiger partial charge in [0, 0.05) is 0 Å². The van der Waals surface area contributed by atoms with Crippen LogP contribution in [0.3, 0.4) is 0 Å². The molecule has 18 heavy (non-hydrogen) atoms. The van der Waals surface area contributed by atoms with E-state index in [-0.39, 0.29) is 12.5 Å². The fourth-order valence-electron chi connectivity index (χ4n) is 1.91. The summed E-state index contributed by atoms with van der Waals surface area (Å²) in [5, 5.41) is 9.24. The third-order valence-corrected chi connectivity index (χ3v) is 3.50. The molecule has 100 valence electrons. The maximum absolute atomic E-state index is 13.3. The number of nitrogens with two attached hydrogens (primary N) is 1. The van der Waals surface area contributed by atoms with Crippen LogP contribution in [0.15, 0.2) is 11.0 Å². The first-order chi connectivity index (χ1) is 8.51. The minimum absolute atomic E-state index is 0.0969. The van der Waals surface area contributed by atoms with E-state index >= 15 is 0 Å². The number of hydrogen-bond donors (Lipinski definition) is 2. The number of alkyl halides is 1. The summed E-state index contributed by atoms with van der Waals surface area (Å²) < 4.78 is 19.9. The number of aliphatic hydroxyl groups excluding tert-OH is 1. The molecular weight excluding hydrogens is 265 g/mol. The zero-order valence-corrected chi connectivity index (χ0v) is 10.2. The molecule has 1 fully saturated rings. The molecule has 0 spiro atoms. The Morgan fingerprint density at radius 3 is 3.06 bits per heavy atom. The maximum atomic E-state index is 13.3. The number of nitrogens with zero attached hydrogens (tertiary/aromatic N) is 2. The third-order valence-electron chi connectivity index (χ3n) is 3.01. The molecule has 8 heteroatoms. The van der Waals surface area contributed by atoms with E-state index in [0.717, 1.165) is 10.8 Å². The molecule has 6 nitrogen and oxygen atoms in total. The molecule has 1 aliphatic rings. The van der Waals surface area contributed by atoms with Gasteiger partial charge in [0.05, 0.1) is 18.7 Å². The lowest BCUT2D eigenvalue weighted by Crippen LogP contribution is -2.36. The maximum Gasteiger partial charge on any atom is 0.351 e. The lowest BCUT2D eigenvalue weighted by atomic mass is 10.0. The summed E-state index contributed by atoms with van der Waals surface area (Å²) in [7, 11) is 0. The van der Waals surface area contributed by atoms with Crippen LogP contribution in [0.25, 0.3) is 0 Å². The summed E-state index contributed by atoms with van der Waals surface area (Å²) in [5.41, 5.74) is 3.61. The zero-order chi connectivity index (χ0) is 13.3. The first kappa shape index (κ1) is 13.3. The topological polar surface area (TPSA) is 90.4 Å². The molecule has 2 rings (SSSR count). The average molecular weight is 278 g/mol. The first-order valence-corrected chi connectivity index (χ1v) is 5.93. The molecular formula is C10H13ClFN3O3. The number of nitrogen functional groups attached to an aromatic ring is 1. The smallest absolute Gasteiger partial charge is 0.351 e. The van der Waals surface area contributed by atoms with Gasteiger partial charge in [-0.3, -0.25) is 4.57 Å². The Morgan fingerprint density at radius 2 is 2.50 bits per heavy atom. The van der Waals surface area contributed by atoms with Gasteiger partial charge in [0.15, 0.2) is 11.6 Å². The van der Waals surface area contributed by atoms with Crippen molar-refractivity contribution in [2.24, 2.45) is 0 Å². The third kappa shape index (κ3) is 2.21. The van der Waals surface area contributed by atoms with Crippen molar-refractivity contribution in [2.45, 2.75) is 24.7 Å². The highest BCUT2D eigenvalue weighted by atomic mass is 35.5. The lowest BCUT2D eigenvalue weighted by molar-refractivity contribution is -0.0861. The Bertz CT molecular complexity index is 504. The van der Waals surface area contributed by atoms with Gasteiger partial charge < -0.3 is 15.6 Å². The Morgan fingerprint density at radius 1 is 1.78 bits per heavy atom. The van der Waals surface area contributed by atoms with Crippen molar-refractivity contribution in [3.63, 3.8) is 0 Å². The van der Waals surface area contributed by atoms with Crippen molar-refractivity contribution in [1.82, 2.24) is 9.55 Å². The Balaban J connectivity index is 2.30. The SMILES string of the molecule is Nc1nc(=O)n([C@H]2CC[C@](CO)(CCl)O2)cc1F. The van der Waals surface area contributed by atoms with Gasteiger partial charge in [-0.15, -0.1) is 11.6 Å². The Hall–Kier alpha value is -1.18. The number of aliphatic hydroxyl groups is 1. The molecule has 1 aromatic heterocycles. The standard InChI is InChI=1S/C10H13ClFN3O3/c11-4-10(5-16)2-1-7(18-10)15-3-6(12)8(13)14-9(15)17/h3,7,16H,1-2,4-5H2,(H2,13,14,17)/t7-,10-/m1/s1. The van der Waals surface area contributed by atoms with Crippen LogP contribution < -0.4 is 11.4 Å². The number of ether oxygens (including phenoxy) is 1. The van der Waals surface area contributed by atoms with Crippen molar-refractivity contribution >= 4 is 17.4 Å². The summed E-state index contributed by atoms with van der Waals surface area (Å²) in [4.78, 5) is 14.9. The number of anilines is 1. The molecule has 0 amide bonds. The van der Waals surface area contributed by atoms with E-state index < -0.39 is 29.2 Å². The molecule has 3 N–H and O–H groups in total. The molecule has 1 saturated heterocycles. The van der Waals surface area contributed by atoms with Crippen molar-refractivity contribution in [3.05, 3.63) is 22.5 Å². The van der Waals surface area contributed by atoms with Gasteiger partial charge in [0.2, 0.25) is 0 Å². The second kappa shape index (κ2) is 4.83. The molecule has 1 aliphatic heterocycles. The zero-order valence-electron chi connectivity index (χ0n) is 9.47. The summed E-state index contributed by atoms with van der Waals surface area (Å²) in [6.07, 6.45) is 1.19. The summed E-state index contributed by atoms with van der Waals surface area (Å²) in [6.45, 7) is -0.257. The van der Waals surface area contributed by atoms with E-state index in [0.29, 0.717) is 12.8 Å². The van der Waals surface area contributed by atoms with Gasteiger partial charge in [0.1, 0.15) is 11.8 Å². The summed E-state index contributed by atoms with van der Waals surface area (Å²) >= 11 is 5.73. The Kier molecular flexibility index (Phi) is 3.56. The fraction of sp³-hybridized carbons (Fsp3) is 0.600. The molecule has 0 saturated carbocycles. The van der Waals surface area contributed by atoms with E-state index in [2.05, 4.69) is 4.98 Å². The van der Waals surface area contributed by atoms with Crippen molar-refractivity contribution < 1.29 is 14.2 Å². The second-order valence-corrected chi connectivity index (χ2v) is 4.52. The minimum atomic E-state index is -0.885. The Labute approximate surface area is 107 Å². The number of halogens is 2. The van der Waals surface area contributed by atoms with Gasteiger partial charge in [-0.05, 0) is 12.8 Å². The second-order valence-electron chi connectivity index (χ2n) is 4.25. The van der Waals surface area contributed by atoms with Gasteiger partial charge in [-0.1, -0.05) is 0 Å². The van der Waals surface area contributed by atoms with Crippen LogP contribution in [0.5, 0.6) is 0 Å². The summed E-state index contributed by atoms with van der Waals surface area (Å²) in [5.74, 6) is -1.13. The monoisotopic (exact) mass is 277 g/mol. The normalized spacial score (nSPS) is 27.6. The van der Waals surface area contributed by atoms with Gasteiger partial charge in [0.25, 0.3) is 0 Å². The number of hydrogen-bond acceptors (Lipinski definition) is 5. The molecule has 0 radical (unpaired) electrons. The van der Waals surface area contributed by atoms with E-state index in [1.807, 2.05) is 0 Å². The van der Waals surface area contributed by atoms with Crippen LogP contribution >= 0.6 is 11.6 Å². The van der Waals surface area contributed by atoms with E-state index in [4.69, 9.17) is 22.1 Å². The van der Waals surface area contributed by atoms with E-state index in [1.165, 1.54) is 0 Å². The fourth-order valence-corrected chi connectivity index (χ4v) is 2.19. The first-order valence-electron chi connectivity index (χ1n) is 5.40. The molecule has 0 bridgehead atoms. The van der Waals surface area contributed by atoms with Crippen LogP contribution in [0, 0.1) is 5.82 Å². The van der Waals surface area contributed by atoms with Crippen LogP contribution in [0.2, 0.25) is 0 Å². The van der Waals surface area contributed by atoms with E-state index in [1.54, 1.807) is 0 Å². The van der Waals surface area contributed by atoms with Crippen molar-refractivity contribution in [2.75, 3.05) is 18.2 Å². The molecule has 0 unspecified atom stereocenters. The highest BCUT2D eigenvalue weighted by molar-refractivity contribution is 6.18. The molecule has 2 atom stereocenters. The highest BCUT2D eigenvalue weighted by Gasteiger charge is 2.40. The molecule has 0 aromatic carbocycles. The quantitative estimate of drug-likeness (QED) is 0.773. The number of aromatic nitrogens is 2. The van der Waals surface area contributed by atoms with Crippen LogP contribution in [-0.2, 0) is 4.74 Å². The number of rotatable bonds is 3. The van der Waals surface area contributed by atoms with Gasteiger partial charge in [-0.2, -0.15) is 4.98 Å². The highest BCUT2D eigenvalue weighted by Crippen LogP contribution is 2.36. The van der Waals surface area contributed by atoms with E-state index in [9.17, 15) is 14.3 Å². The molecule has 2 heterocycles.